The molecule has 1 atom stereocenters. The van der Waals surface area contributed by atoms with Crippen LogP contribution in [0.1, 0.15) is 22.8 Å². The highest BCUT2D eigenvalue weighted by molar-refractivity contribution is 7.10. The SMILES string of the molecule is COC(=O)Cn1c2c(sc1=O)C(c1ccc(F)cc1)CC(=O)N2c1ccccc1. The van der Waals surface area contributed by atoms with Gasteiger partial charge in [-0.05, 0) is 29.8 Å². The first-order valence-corrected chi connectivity index (χ1v) is 9.75. The summed E-state index contributed by atoms with van der Waals surface area (Å²) in [5.74, 6) is -1.21. The van der Waals surface area contributed by atoms with Gasteiger partial charge in [-0.25, -0.2) is 4.39 Å². The lowest BCUT2D eigenvalue weighted by Crippen LogP contribution is -2.36. The topological polar surface area (TPSA) is 68.6 Å². The molecular weight excluding hydrogens is 395 g/mol. The van der Waals surface area contributed by atoms with Gasteiger partial charge in [0.1, 0.15) is 18.2 Å². The molecule has 1 aromatic heterocycles. The van der Waals surface area contributed by atoms with Crippen LogP contribution in [0.5, 0.6) is 0 Å². The number of ether oxygens (including phenoxy) is 1. The van der Waals surface area contributed by atoms with E-state index in [1.807, 2.05) is 6.07 Å². The Kier molecular flexibility index (Phi) is 5.02. The fraction of sp³-hybridized carbons (Fsp3) is 0.190. The van der Waals surface area contributed by atoms with Crippen molar-refractivity contribution in [2.24, 2.45) is 0 Å². The number of nitrogens with zero attached hydrogens (tertiary/aromatic N) is 2. The molecule has 0 bridgehead atoms. The molecule has 0 N–H and O–H groups in total. The van der Waals surface area contributed by atoms with Crippen molar-refractivity contribution >= 4 is 34.7 Å². The molecule has 0 spiro atoms. The molecule has 8 heteroatoms. The number of carbonyl (C=O) groups excluding carboxylic acids is 2. The summed E-state index contributed by atoms with van der Waals surface area (Å²) >= 11 is 0.989. The first-order valence-electron chi connectivity index (χ1n) is 8.93. The summed E-state index contributed by atoms with van der Waals surface area (Å²) in [5, 5.41) is 0. The molecule has 29 heavy (non-hydrogen) atoms. The van der Waals surface area contributed by atoms with Crippen LogP contribution in [0.4, 0.5) is 15.9 Å². The molecule has 6 nitrogen and oxygen atoms in total. The summed E-state index contributed by atoms with van der Waals surface area (Å²) in [6, 6.07) is 14.8. The van der Waals surface area contributed by atoms with Crippen molar-refractivity contribution in [2.45, 2.75) is 18.9 Å². The quantitative estimate of drug-likeness (QED) is 0.616. The molecule has 2 aromatic carbocycles. The minimum atomic E-state index is -0.586. The summed E-state index contributed by atoms with van der Waals surface area (Å²) in [6.07, 6.45) is 0.131. The fourth-order valence-corrected chi connectivity index (χ4v) is 4.59. The van der Waals surface area contributed by atoms with Crippen molar-refractivity contribution in [3.05, 3.63) is 80.5 Å². The van der Waals surface area contributed by atoms with Crippen LogP contribution >= 0.6 is 11.3 Å². The minimum Gasteiger partial charge on any atom is -0.468 e. The number of para-hydroxylation sites is 1. The molecule has 0 saturated heterocycles. The Labute approximate surface area is 169 Å². The molecule has 4 rings (SSSR count). The highest BCUT2D eigenvalue weighted by Crippen LogP contribution is 2.44. The molecule has 3 aromatic rings. The van der Waals surface area contributed by atoms with E-state index in [0.29, 0.717) is 16.4 Å². The lowest BCUT2D eigenvalue weighted by atomic mass is 9.90. The summed E-state index contributed by atoms with van der Waals surface area (Å²) in [7, 11) is 1.24. The van der Waals surface area contributed by atoms with E-state index < -0.39 is 11.9 Å². The lowest BCUT2D eigenvalue weighted by molar-refractivity contribution is -0.141. The van der Waals surface area contributed by atoms with Gasteiger partial charge in [-0.15, -0.1) is 0 Å². The standard InChI is InChI=1S/C21H17FN2O4S/c1-28-18(26)12-23-20-19(29-21(23)27)16(13-7-9-14(22)10-8-13)11-17(25)24(20)15-5-3-2-4-6-15/h2-10,16H,11-12H2,1H3. The number of halogens is 1. The number of benzene rings is 2. The van der Waals surface area contributed by atoms with Gasteiger partial charge in [0.25, 0.3) is 0 Å². The van der Waals surface area contributed by atoms with Gasteiger partial charge >= 0.3 is 10.8 Å². The molecule has 1 aliphatic heterocycles. The summed E-state index contributed by atoms with van der Waals surface area (Å²) < 4.78 is 19.4. The molecule has 1 unspecified atom stereocenters. The summed E-state index contributed by atoms with van der Waals surface area (Å²) in [5.41, 5.74) is 1.34. The summed E-state index contributed by atoms with van der Waals surface area (Å²) in [6.45, 7) is -0.298. The van der Waals surface area contributed by atoms with Crippen molar-refractivity contribution in [1.29, 1.82) is 0 Å². The first-order chi connectivity index (χ1) is 14.0. The van der Waals surface area contributed by atoms with E-state index in [1.165, 1.54) is 28.7 Å². The Morgan fingerprint density at radius 2 is 1.83 bits per heavy atom. The predicted molar refractivity (Wildman–Crippen MR) is 107 cm³/mol. The smallest absolute Gasteiger partial charge is 0.325 e. The Balaban J connectivity index is 1.91. The maximum absolute atomic E-state index is 13.4. The fourth-order valence-electron chi connectivity index (χ4n) is 3.49. The Morgan fingerprint density at radius 1 is 1.14 bits per heavy atom. The summed E-state index contributed by atoms with van der Waals surface area (Å²) in [4.78, 5) is 39.6. The van der Waals surface area contributed by atoms with Crippen LogP contribution < -0.4 is 9.77 Å². The van der Waals surface area contributed by atoms with Gasteiger partial charge in [0, 0.05) is 12.3 Å². The van der Waals surface area contributed by atoms with Crippen LogP contribution in [0.3, 0.4) is 0 Å². The second kappa shape index (κ2) is 7.63. The van der Waals surface area contributed by atoms with E-state index in [2.05, 4.69) is 0 Å². The van der Waals surface area contributed by atoms with Gasteiger partial charge in [-0.2, -0.15) is 0 Å². The van der Waals surface area contributed by atoms with Gasteiger partial charge < -0.3 is 4.74 Å². The molecule has 1 amide bonds. The van der Waals surface area contributed by atoms with Crippen LogP contribution in [-0.2, 0) is 20.9 Å². The first kappa shape index (κ1) is 19.1. The van der Waals surface area contributed by atoms with E-state index in [-0.39, 0.29) is 29.6 Å². The van der Waals surface area contributed by atoms with Crippen molar-refractivity contribution in [3.8, 4) is 0 Å². The molecule has 2 heterocycles. The van der Waals surface area contributed by atoms with Crippen molar-refractivity contribution in [1.82, 2.24) is 4.57 Å². The number of fused-ring (bicyclic) bond motifs is 1. The maximum Gasteiger partial charge on any atom is 0.325 e. The van der Waals surface area contributed by atoms with E-state index in [0.717, 1.165) is 16.9 Å². The normalized spacial score (nSPS) is 15.9. The number of carbonyl (C=O) groups is 2. The Hall–Kier alpha value is -3.26. The van der Waals surface area contributed by atoms with Crippen LogP contribution in [-0.4, -0.2) is 23.6 Å². The Bertz CT molecular complexity index is 1120. The number of hydrogen-bond acceptors (Lipinski definition) is 5. The van der Waals surface area contributed by atoms with Crippen LogP contribution in [0, 0.1) is 5.82 Å². The zero-order valence-corrected chi connectivity index (χ0v) is 16.3. The monoisotopic (exact) mass is 412 g/mol. The third-order valence-corrected chi connectivity index (χ3v) is 5.93. The third kappa shape index (κ3) is 3.47. The second-order valence-electron chi connectivity index (χ2n) is 6.59. The minimum absolute atomic E-state index is 0.131. The molecule has 0 fully saturated rings. The van der Waals surface area contributed by atoms with Crippen LogP contribution in [0.25, 0.3) is 0 Å². The molecule has 148 valence electrons. The zero-order chi connectivity index (χ0) is 20.5. The van der Waals surface area contributed by atoms with Crippen LogP contribution in [0.15, 0.2) is 59.4 Å². The zero-order valence-electron chi connectivity index (χ0n) is 15.5. The van der Waals surface area contributed by atoms with E-state index >= 15 is 0 Å². The average Bonchev–Trinajstić information content (AvgIpc) is 3.04. The molecule has 0 aliphatic carbocycles. The largest absolute Gasteiger partial charge is 0.468 e. The molecule has 0 saturated carbocycles. The Morgan fingerprint density at radius 3 is 2.48 bits per heavy atom. The van der Waals surface area contributed by atoms with Crippen molar-refractivity contribution < 1.29 is 18.7 Å². The number of thiazole rings is 1. The van der Waals surface area contributed by atoms with Gasteiger partial charge in [0.05, 0.1) is 17.7 Å². The number of aromatic nitrogens is 1. The number of rotatable bonds is 4. The van der Waals surface area contributed by atoms with Gasteiger partial charge in [0.2, 0.25) is 5.91 Å². The predicted octanol–water partition coefficient (Wildman–Crippen LogP) is 3.42. The highest BCUT2D eigenvalue weighted by Gasteiger charge is 2.38. The highest BCUT2D eigenvalue weighted by atomic mass is 32.1. The van der Waals surface area contributed by atoms with E-state index in [4.69, 9.17) is 4.74 Å². The average molecular weight is 412 g/mol. The van der Waals surface area contributed by atoms with Crippen molar-refractivity contribution in [2.75, 3.05) is 12.0 Å². The molecular formula is C21H17FN2O4S. The number of esters is 1. The number of methoxy groups -OCH3 is 1. The molecule has 0 radical (unpaired) electrons. The van der Waals surface area contributed by atoms with Gasteiger partial charge in [0.15, 0.2) is 0 Å². The third-order valence-electron chi connectivity index (χ3n) is 4.85. The second-order valence-corrected chi connectivity index (χ2v) is 7.58. The number of hydrogen-bond donors (Lipinski definition) is 0. The van der Waals surface area contributed by atoms with Crippen molar-refractivity contribution in [3.63, 3.8) is 0 Å². The lowest BCUT2D eigenvalue weighted by Gasteiger charge is -2.32. The number of amides is 1. The number of anilines is 2. The molecule has 1 aliphatic rings. The van der Waals surface area contributed by atoms with Crippen LogP contribution in [0.2, 0.25) is 0 Å². The van der Waals surface area contributed by atoms with Gasteiger partial charge in [-0.3, -0.25) is 23.9 Å². The van der Waals surface area contributed by atoms with E-state index in [9.17, 15) is 18.8 Å². The van der Waals surface area contributed by atoms with E-state index in [1.54, 1.807) is 36.4 Å². The van der Waals surface area contributed by atoms with Gasteiger partial charge in [-0.1, -0.05) is 41.7 Å². The maximum atomic E-state index is 13.4.